The van der Waals surface area contributed by atoms with Crippen LogP contribution in [0.4, 0.5) is 13.2 Å². The zero-order chi connectivity index (χ0) is 24.6. The van der Waals surface area contributed by atoms with Crippen LogP contribution in [0.15, 0.2) is 61.1 Å². The molecule has 1 amide bonds. The number of hydrogen-bond acceptors (Lipinski definition) is 4. The average molecular weight is 480 g/mol. The van der Waals surface area contributed by atoms with Gasteiger partial charge < -0.3 is 9.88 Å². The Morgan fingerprint density at radius 1 is 1.14 bits per heavy atom. The maximum Gasteiger partial charge on any atom is 0.433 e. The highest BCUT2D eigenvalue weighted by Gasteiger charge is 2.35. The molecule has 1 unspecified atom stereocenters. The summed E-state index contributed by atoms with van der Waals surface area (Å²) in [5, 5.41) is 6.99. The van der Waals surface area contributed by atoms with Crippen molar-refractivity contribution in [3.63, 3.8) is 0 Å². The molecule has 3 aromatic heterocycles. The van der Waals surface area contributed by atoms with E-state index < -0.39 is 11.9 Å². The van der Waals surface area contributed by atoms with Gasteiger partial charge in [-0.05, 0) is 30.5 Å². The average Bonchev–Trinajstić information content (AvgIpc) is 3.46. The van der Waals surface area contributed by atoms with E-state index in [1.807, 2.05) is 18.3 Å². The van der Waals surface area contributed by atoms with Gasteiger partial charge in [0.2, 0.25) is 0 Å². The van der Waals surface area contributed by atoms with Gasteiger partial charge in [0.1, 0.15) is 11.5 Å². The number of carbonyl (C=O) groups is 1. The van der Waals surface area contributed by atoms with E-state index in [0.717, 1.165) is 47.2 Å². The molecule has 0 saturated heterocycles. The molecule has 0 aliphatic carbocycles. The lowest BCUT2D eigenvalue weighted by molar-refractivity contribution is -0.143. The summed E-state index contributed by atoms with van der Waals surface area (Å²) in [4.78, 5) is 21.0. The lowest BCUT2D eigenvalue weighted by Gasteiger charge is -2.23. The number of rotatable bonds is 5. The highest BCUT2D eigenvalue weighted by Crippen LogP contribution is 2.32. The Kier molecular flexibility index (Phi) is 5.88. The van der Waals surface area contributed by atoms with Gasteiger partial charge in [-0.25, -0.2) is 4.98 Å². The molecule has 1 atom stereocenters. The SMILES string of the molecule is Cn1nc(-c2ccc(-c3cn4c(n3)CCC(CNC(=O)c3cccnc3)C4)cc2)cc1C(F)(F)F. The molecule has 4 heterocycles. The predicted octanol–water partition coefficient (Wildman–Crippen LogP) is 4.36. The summed E-state index contributed by atoms with van der Waals surface area (Å²) in [6, 6.07) is 11.7. The van der Waals surface area contributed by atoms with Crippen LogP contribution in [0.25, 0.3) is 22.5 Å². The minimum absolute atomic E-state index is 0.134. The molecule has 0 saturated carbocycles. The van der Waals surface area contributed by atoms with Crippen molar-refractivity contribution in [1.29, 1.82) is 0 Å². The number of aromatic nitrogens is 5. The highest BCUT2D eigenvalue weighted by atomic mass is 19.4. The standard InChI is InChI=1S/C25H23F3N6O/c1-33-22(25(26,27)28)11-20(32-33)17-5-7-18(8-6-17)21-15-34-14-16(4-9-23(34)31-21)12-30-24(35)19-3-2-10-29-13-19/h2-3,5-8,10-11,13,15-16H,4,9,12,14H2,1H3,(H,30,35). The molecular weight excluding hydrogens is 457 g/mol. The molecule has 0 spiro atoms. The number of alkyl halides is 3. The van der Waals surface area contributed by atoms with E-state index in [2.05, 4.69) is 20.0 Å². The molecule has 1 aliphatic heterocycles. The van der Waals surface area contributed by atoms with E-state index in [-0.39, 0.29) is 11.6 Å². The van der Waals surface area contributed by atoms with Crippen molar-refractivity contribution >= 4 is 5.91 Å². The summed E-state index contributed by atoms with van der Waals surface area (Å²) < 4.78 is 42.2. The third-order valence-corrected chi connectivity index (χ3v) is 6.21. The van der Waals surface area contributed by atoms with Crippen LogP contribution >= 0.6 is 0 Å². The largest absolute Gasteiger partial charge is 0.433 e. The number of nitrogens with zero attached hydrogens (tertiary/aromatic N) is 5. The number of hydrogen-bond donors (Lipinski definition) is 1. The van der Waals surface area contributed by atoms with Crippen LogP contribution in [0, 0.1) is 5.92 Å². The molecule has 1 aliphatic rings. The van der Waals surface area contributed by atoms with Gasteiger partial charge in [-0.1, -0.05) is 24.3 Å². The van der Waals surface area contributed by atoms with Crippen molar-refractivity contribution in [3.05, 3.63) is 78.1 Å². The van der Waals surface area contributed by atoms with Crippen molar-refractivity contribution < 1.29 is 18.0 Å². The third-order valence-electron chi connectivity index (χ3n) is 6.21. The minimum atomic E-state index is -4.45. The molecule has 7 nitrogen and oxygen atoms in total. The second-order valence-corrected chi connectivity index (χ2v) is 8.66. The second kappa shape index (κ2) is 9.01. The lowest BCUT2D eigenvalue weighted by Crippen LogP contribution is -2.33. The van der Waals surface area contributed by atoms with Crippen LogP contribution < -0.4 is 5.32 Å². The van der Waals surface area contributed by atoms with Crippen LogP contribution in [0.5, 0.6) is 0 Å². The topological polar surface area (TPSA) is 77.6 Å². The Morgan fingerprint density at radius 2 is 1.89 bits per heavy atom. The molecule has 5 rings (SSSR count). The number of imidazole rings is 1. The van der Waals surface area contributed by atoms with Gasteiger partial charge in [0.25, 0.3) is 5.91 Å². The normalized spacial score (nSPS) is 15.6. The molecule has 35 heavy (non-hydrogen) atoms. The summed E-state index contributed by atoms with van der Waals surface area (Å²) in [5.74, 6) is 1.14. The maximum atomic E-state index is 13.1. The fourth-order valence-corrected chi connectivity index (χ4v) is 4.34. The fraction of sp³-hybridized carbons (Fsp3) is 0.280. The quantitative estimate of drug-likeness (QED) is 0.461. The minimum Gasteiger partial charge on any atom is -0.352 e. The van der Waals surface area contributed by atoms with Crippen LogP contribution in [0.1, 0.15) is 28.3 Å². The van der Waals surface area contributed by atoms with Crippen LogP contribution in [-0.4, -0.2) is 36.8 Å². The Hall–Kier alpha value is -3.95. The summed E-state index contributed by atoms with van der Waals surface area (Å²) in [7, 11) is 1.29. The van der Waals surface area contributed by atoms with Gasteiger partial charge in [0.15, 0.2) is 0 Å². The van der Waals surface area contributed by atoms with Gasteiger partial charge in [-0.3, -0.25) is 14.5 Å². The lowest BCUT2D eigenvalue weighted by atomic mass is 9.99. The van der Waals surface area contributed by atoms with E-state index in [9.17, 15) is 18.0 Å². The van der Waals surface area contributed by atoms with Crippen LogP contribution in [0.2, 0.25) is 0 Å². The maximum absolute atomic E-state index is 13.1. The number of pyridine rings is 1. The second-order valence-electron chi connectivity index (χ2n) is 8.66. The molecule has 0 bridgehead atoms. The monoisotopic (exact) mass is 480 g/mol. The summed E-state index contributed by atoms with van der Waals surface area (Å²) in [6.07, 6.45) is 2.44. The van der Waals surface area contributed by atoms with E-state index in [1.54, 1.807) is 36.7 Å². The van der Waals surface area contributed by atoms with Crippen LogP contribution in [0.3, 0.4) is 0 Å². The zero-order valence-electron chi connectivity index (χ0n) is 19.0. The highest BCUT2D eigenvalue weighted by molar-refractivity contribution is 5.93. The Labute approximate surface area is 199 Å². The Morgan fingerprint density at radius 3 is 2.54 bits per heavy atom. The van der Waals surface area contributed by atoms with E-state index >= 15 is 0 Å². The molecule has 4 aromatic rings. The third kappa shape index (κ3) is 4.82. The number of nitrogens with one attached hydrogen (secondary N) is 1. The van der Waals surface area contributed by atoms with Crippen molar-refractivity contribution in [1.82, 2.24) is 29.6 Å². The predicted molar refractivity (Wildman–Crippen MR) is 123 cm³/mol. The fourth-order valence-electron chi connectivity index (χ4n) is 4.34. The smallest absolute Gasteiger partial charge is 0.352 e. The Balaban J connectivity index is 1.25. The van der Waals surface area contributed by atoms with E-state index in [1.165, 1.54) is 7.05 Å². The molecule has 0 fully saturated rings. The van der Waals surface area contributed by atoms with Gasteiger partial charge in [0, 0.05) is 56.3 Å². The van der Waals surface area contributed by atoms with Gasteiger partial charge in [0.05, 0.1) is 17.0 Å². The number of fused-ring (bicyclic) bond motifs is 1. The number of aryl methyl sites for hydroxylation is 2. The first-order valence-electron chi connectivity index (χ1n) is 11.2. The van der Waals surface area contributed by atoms with E-state index in [0.29, 0.717) is 23.6 Å². The zero-order valence-corrected chi connectivity index (χ0v) is 19.0. The number of halogens is 3. The molecule has 1 N–H and O–H groups in total. The van der Waals surface area contributed by atoms with Gasteiger partial charge in [-0.15, -0.1) is 0 Å². The van der Waals surface area contributed by atoms with Crippen LogP contribution in [-0.2, 0) is 26.2 Å². The van der Waals surface area contributed by atoms with Crippen molar-refractivity contribution in [2.45, 2.75) is 25.6 Å². The van der Waals surface area contributed by atoms with E-state index in [4.69, 9.17) is 4.98 Å². The number of amides is 1. The molecule has 0 radical (unpaired) electrons. The molecule has 10 heteroatoms. The van der Waals surface area contributed by atoms with Gasteiger partial charge >= 0.3 is 6.18 Å². The first kappa shape index (κ1) is 22.8. The van der Waals surface area contributed by atoms with Crippen molar-refractivity contribution in [2.75, 3.05) is 6.54 Å². The van der Waals surface area contributed by atoms with Crippen molar-refractivity contribution in [2.24, 2.45) is 13.0 Å². The van der Waals surface area contributed by atoms with Gasteiger partial charge in [-0.2, -0.15) is 18.3 Å². The first-order chi connectivity index (χ1) is 16.8. The Bertz CT molecular complexity index is 1340. The number of benzene rings is 1. The summed E-state index contributed by atoms with van der Waals surface area (Å²) in [5.41, 5.74) is 2.31. The molecule has 180 valence electrons. The molecular formula is C25H23F3N6O. The first-order valence-corrected chi connectivity index (χ1v) is 11.2. The number of carbonyl (C=O) groups excluding carboxylic acids is 1. The summed E-state index contributed by atoms with van der Waals surface area (Å²) in [6.45, 7) is 1.32. The van der Waals surface area contributed by atoms with Crippen molar-refractivity contribution in [3.8, 4) is 22.5 Å². The summed E-state index contributed by atoms with van der Waals surface area (Å²) >= 11 is 0. The molecule has 1 aromatic carbocycles.